The summed E-state index contributed by atoms with van der Waals surface area (Å²) < 4.78 is 6.50. The van der Waals surface area contributed by atoms with E-state index in [0.717, 1.165) is 45.3 Å². The van der Waals surface area contributed by atoms with E-state index in [-0.39, 0.29) is 23.8 Å². The molecule has 5 atom stereocenters. The fourth-order valence-electron chi connectivity index (χ4n) is 7.54. The number of anilines is 1. The van der Waals surface area contributed by atoms with Crippen LogP contribution in [-0.2, 0) is 25.7 Å². The fourth-order valence-corrected chi connectivity index (χ4v) is 8.07. The van der Waals surface area contributed by atoms with Gasteiger partial charge in [0.2, 0.25) is 17.7 Å². The van der Waals surface area contributed by atoms with Crippen LogP contribution in [0.25, 0.3) is 0 Å². The number of hydrogen-bond acceptors (Lipinski definition) is 5. The second-order valence-corrected chi connectivity index (χ2v) is 13.3. The number of rotatable bonds is 11. The Hall–Kier alpha value is -2.91. The van der Waals surface area contributed by atoms with Crippen LogP contribution in [0.3, 0.4) is 0 Å². The molecule has 1 saturated carbocycles. The molecule has 0 aromatic heterocycles. The summed E-state index contributed by atoms with van der Waals surface area (Å²) in [5, 5.41) is 6.93. The summed E-state index contributed by atoms with van der Waals surface area (Å²) in [6.45, 7) is 4.96. The van der Waals surface area contributed by atoms with Crippen molar-refractivity contribution in [3.8, 4) is 0 Å². The number of benzene rings is 2. The second kappa shape index (κ2) is 13.2. The highest BCUT2D eigenvalue weighted by Gasteiger charge is 2.72. The van der Waals surface area contributed by atoms with Gasteiger partial charge in [-0.2, -0.15) is 0 Å². The summed E-state index contributed by atoms with van der Waals surface area (Å²) in [7, 11) is 0. The van der Waals surface area contributed by atoms with Gasteiger partial charge in [0, 0.05) is 41.4 Å². The van der Waals surface area contributed by atoms with Crippen LogP contribution in [-0.4, -0.2) is 70.9 Å². The van der Waals surface area contributed by atoms with Crippen molar-refractivity contribution in [3.63, 3.8) is 0 Å². The van der Waals surface area contributed by atoms with E-state index >= 15 is 0 Å². The van der Waals surface area contributed by atoms with Crippen molar-refractivity contribution in [2.45, 2.75) is 75.8 Å². The number of nitrogens with one attached hydrogen (secondary N) is 2. The van der Waals surface area contributed by atoms with Crippen LogP contribution in [0.1, 0.15) is 51.0 Å². The molecule has 10 heteroatoms. The van der Waals surface area contributed by atoms with Crippen LogP contribution in [0, 0.1) is 11.8 Å². The Morgan fingerprint density at radius 1 is 1.05 bits per heavy atom. The number of carbonyl (C=O) groups excluding carboxylic acids is 3. The molecule has 3 amide bonds. The maximum atomic E-state index is 14.3. The third-order valence-electron chi connectivity index (χ3n) is 9.58. The van der Waals surface area contributed by atoms with Crippen LogP contribution in [0.15, 0.2) is 60.7 Å². The number of amides is 3. The summed E-state index contributed by atoms with van der Waals surface area (Å²) in [4.78, 5) is 46.1. The molecule has 3 heterocycles. The molecule has 8 nitrogen and oxygen atoms in total. The van der Waals surface area contributed by atoms with Crippen LogP contribution in [0.5, 0.6) is 0 Å². The van der Waals surface area contributed by atoms with E-state index in [0.29, 0.717) is 28.7 Å². The molecule has 2 aromatic carbocycles. The standard InChI is InChI=1S/C34H40Cl2N4O4/c1-2-39(21-22-10-5-3-6-11-22)16-9-17-40-30(32(42)37-25-12-7-4-8-13-25)34-15-14-27(44-34)28(29(34)33(40)43)31(41)38-26-19-23(35)18-24(36)20-26/h3,5-6,10-11,14-15,18-20,25,27-30H,2,4,7-9,12-13,16-17,21H2,1H3,(H,37,42)(H,38,41)/t27-,28+,29-,30+,34+/m1/s1. The van der Waals surface area contributed by atoms with Gasteiger partial charge in [0.1, 0.15) is 11.6 Å². The molecule has 1 spiro atoms. The highest BCUT2D eigenvalue weighted by atomic mass is 35.5. The summed E-state index contributed by atoms with van der Waals surface area (Å²) >= 11 is 12.3. The molecule has 234 valence electrons. The van der Waals surface area contributed by atoms with E-state index in [1.165, 1.54) is 12.0 Å². The van der Waals surface area contributed by atoms with Crippen LogP contribution < -0.4 is 10.6 Å². The van der Waals surface area contributed by atoms with E-state index in [4.69, 9.17) is 27.9 Å². The number of ether oxygens (including phenoxy) is 1. The number of carbonyl (C=O) groups is 3. The predicted octanol–water partition coefficient (Wildman–Crippen LogP) is 5.44. The number of likely N-dealkylation sites (tertiary alicyclic amines) is 1. The first-order valence-corrected chi connectivity index (χ1v) is 16.6. The molecule has 2 bridgehead atoms. The molecule has 3 fully saturated rings. The van der Waals surface area contributed by atoms with E-state index in [1.54, 1.807) is 23.1 Å². The van der Waals surface area contributed by atoms with Crippen LogP contribution in [0.2, 0.25) is 10.0 Å². The zero-order valence-electron chi connectivity index (χ0n) is 25.0. The number of hydrogen-bond donors (Lipinski definition) is 2. The van der Waals surface area contributed by atoms with E-state index in [9.17, 15) is 14.4 Å². The molecule has 44 heavy (non-hydrogen) atoms. The lowest BCUT2D eigenvalue weighted by Gasteiger charge is -2.34. The molecule has 1 aliphatic carbocycles. The predicted molar refractivity (Wildman–Crippen MR) is 171 cm³/mol. The molecule has 6 rings (SSSR count). The number of halogens is 2. The minimum atomic E-state index is -1.19. The summed E-state index contributed by atoms with van der Waals surface area (Å²) in [6, 6.07) is 14.4. The van der Waals surface area contributed by atoms with Crippen molar-refractivity contribution >= 4 is 46.6 Å². The smallest absolute Gasteiger partial charge is 0.246 e. The Bertz CT molecular complexity index is 1390. The molecule has 2 aromatic rings. The number of nitrogens with zero attached hydrogens (tertiary/aromatic N) is 2. The minimum absolute atomic E-state index is 0.0827. The van der Waals surface area contributed by atoms with Gasteiger partial charge in [0.25, 0.3) is 0 Å². The van der Waals surface area contributed by atoms with E-state index in [2.05, 4.69) is 34.6 Å². The summed E-state index contributed by atoms with van der Waals surface area (Å²) in [6.07, 6.45) is 8.97. The molecule has 4 aliphatic rings. The van der Waals surface area contributed by atoms with Gasteiger partial charge >= 0.3 is 0 Å². The first kappa shape index (κ1) is 31.1. The van der Waals surface area contributed by atoms with E-state index in [1.807, 2.05) is 30.4 Å². The maximum absolute atomic E-state index is 14.3. The fraction of sp³-hybridized carbons (Fsp3) is 0.500. The van der Waals surface area contributed by atoms with E-state index < -0.39 is 29.6 Å². The average molecular weight is 640 g/mol. The maximum Gasteiger partial charge on any atom is 0.246 e. The molecular formula is C34H40Cl2N4O4. The third-order valence-corrected chi connectivity index (χ3v) is 10.0. The topological polar surface area (TPSA) is 91.0 Å². The van der Waals surface area contributed by atoms with Gasteiger partial charge in [-0.25, -0.2) is 0 Å². The molecule has 2 saturated heterocycles. The van der Waals surface area contributed by atoms with Crippen LogP contribution >= 0.6 is 23.2 Å². The molecule has 0 radical (unpaired) electrons. The number of fused-ring (bicyclic) bond motifs is 1. The normalized spacial score (nSPS) is 27.6. The Morgan fingerprint density at radius 2 is 1.77 bits per heavy atom. The van der Waals surface area contributed by atoms with Crippen molar-refractivity contribution < 1.29 is 19.1 Å². The lowest BCUT2D eigenvalue weighted by molar-refractivity contribution is -0.141. The Kier molecular flexibility index (Phi) is 9.34. The largest absolute Gasteiger partial charge is 0.359 e. The molecule has 3 aliphatic heterocycles. The molecule has 0 unspecified atom stereocenters. The quantitative estimate of drug-likeness (QED) is 0.320. The van der Waals surface area contributed by atoms with Crippen LogP contribution in [0.4, 0.5) is 5.69 Å². The average Bonchev–Trinajstić information content (AvgIpc) is 3.64. The second-order valence-electron chi connectivity index (χ2n) is 12.4. The summed E-state index contributed by atoms with van der Waals surface area (Å²) in [5.41, 5.74) is 0.485. The van der Waals surface area contributed by atoms with Crippen molar-refractivity contribution in [2.24, 2.45) is 11.8 Å². The van der Waals surface area contributed by atoms with Gasteiger partial charge in [-0.1, -0.05) is 91.9 Å². The lowest BCUT2D eigenvalue weighted by atomic mass is 9.74. The monoisotopic (exact) mass is 638 g/mol. The zero-order valence-corrected chi connectivity index (χ0v) is 26.5. The highest BCUT2D eigenvalue weighted by Crippen LogP contribution is 2.55. The van der Waals surface area contributed by atoms with Crippen molar-refractivity contribution in [1.82, 2.24) is 15.1 Å². The first-order chi connectivity index (χ1) is 21.3. The van der Waals surface area contributed by atoms with Gasteiger partial charge in [0.15, 0.2) is 0 Å². The lowest BCUT2D eigenvalue weighted by Crippen LogP contribution is -2.56. The molecular weight excluding hydrogens is 599 g/mol. The highest BCUT2D eigenvalue weighted by molar-refractivity contribution is 6.35. The van der Waals surface area contributed by atoms with Gasteiger partial charge in [-0.05, 0) is 49.6 Å². The SMILES string of the molecule is CCN(CCCN1C(=O)[C@H]2[C@@H](C(=O)Nc3cc(Cl)cc(Cl)c3)[C@H]3C=C[C@@]2(O3)[C@@H]1C(=O)NC1CCCCC1)Cc1ccccc1. The van der Waals surface area contributed by atoms with Crippen molar-refractivity contribution in [2.75, 3.05) is 25.0 Å². The Balaban J connectivity index is 1.22. The van der Waals surface area contributed by atoms with Gasteiger partial charge in [-0.3, -0.25) is 19.3 Å². The Morgan fingerprint density at radius 3 is 2.48 bits per heavy atom. The zero-order chi connectivity index (χ0) is 30.8. The van der Waals surface area contributed by atoms with Gasteiger partial charge < -0.3 is 20.3 Å². The first-order valence-electron chi connectivity index (χ1n) is 15.8. The minimum Gasteiger partial charge on any atom is -0.359 e. The van der Waals surface area contributed by atoms with Gasteiger partial charge in [-0.15, -0.1) is 0 Å². The van der Waals surface area contributed by atoms with Crippen molar-refractivity contribution in [1.29, 1.82) is 0 Å². The Labute approximate surface area is 269 Å². The van der Waals surface area contributed by atoms with Crippen molar-refractivity contribution in [3.05, 3.63) is 76.3 Å². The molecule has 2 N–H and O–H groups in total. The summed E-state index contributed by atoms with van der Waals surface area (Å²) in [5.74, 6) is -2.36. The third kappa shape index (κ3) is 6.14. The van der Waals surface area contributed by atoms with Gasteiger partial charge in [0.05, 0.1) is 17.9 Å².